The van der Waals surface area contributed by atoms with Gasteiger partial charge in [0.1, 0.15) is 0 Å². The molecular formula is C13H28N2O. The second-order valence-corrected chi connectivity index (χ2v) is 4.10. The van der Waals surface area contributed by atoms with Gasteiger partial charge in [0.05, 0.1) is 13.2 Å². The number of ether oxygens (including phenoxy) is 1. The van der Waals surface area contributed by atoms with Gasteiger partial charge in [-0.3, -0.25) is 0 Å². The minimum absolute atomic E-state index is 0.797. The lowest BCUT2D eigenvalue weighted by Gasteiger charge is -2.17. The molecule has 0 aliphatic heterocycles. The second kappa shape index (κ2) is 11.1. The van der Waals surface area contributed by atoms with Gasteiger partial charge in [-0.15, -0.1) is 6.58 Å². The fourth-order valence-corrected chi connectivity index (χ4v) is 1.39. The molecule has 0 unspecified atom stereocenters. The molecule has 0 aromatic rings. The summed E-state index contributed by atoms with van der Waals surface area (Å²) in [6.07, 6.45) is 0.972. The zero-order valence-electron chi connectivity index (χ0n) is 11.2. The Hall–Kier alpha value is -0.380. The van der Waals surface area contributed by atoms with E-state index >= 15 is 0 Å². The smallest absolute Gasteiger partial charge is 0.0591 e. The average molecular weight is 228 g/mol. The summed E-state index contributed by atoms with van der Waals surface area (Å²) >= 11 is 0. The van der Waals surface area contributed by atoms with E-state index in [1.807, 2.05) is 6.92 Å². The maximum absolute atomic E-state index is 5.47. The summed E-state index contributed by atoms with van der Waals surface area (Å²) in [5, 5.41) is 3.38. The van der Waals surface area contributed by atoms with Crippen molar-refractivity contribution >= 4 is 0 Å². The van der Waals surface area contributed by atoms with Gasteiger partial charge < -0.3 is 15.0 Å². The molecule has 3 heteroatoms. The first-order valence-electron chi connectivity index (χ1n) is 6.35. The summed E-state index contributed by atoms with van der Waals surface area (Å²) in [5.74, 6) is 0. The minimum atomic E-state index is 0.797. The molecule has 0 bridgehead atoms. The summed E-state index contributed by atoms with van der Waals surface area (Å²) in [4.78, 5) is 2.41. The summed E-state index contributed by atoms with van der Waals surface area (Å²) in [7, 11) is 0. The van der Waals surface area contributed by atoms with Crippen LogP contribution < -0.4 is 5.32 Å². The zero-order chi connectivity index (χ0) is 12.2. The van der Waals surface area contributed by atoms with Gasteiger partial charge in [-0.25, -0.2) is 0 Å². The molecule has 0 aliphatic rings. The summed E-state index contributed by atoms with van der Waals surface area (Å²) in [6.45, 7) is 17.2. The standard InChI is InChI=1S/C13H28N2O/c1-5-15(6-2)10-8-14-9-12-16-11-7-13(3)4/h14H,3,5-12H2,1-2,4H3. The highest BCUT2D eigenvalue weighted by Crippen LogP contribution is 1.94. The lowest BCUT2D eigenvalue weighted by Crippen LogP contribution is -2.33. The van der Waals surface area contributed by atoms with Crippen LogP contribution in [-0.2, 0) is 4.74 Å². The monoisotopic (exact) mass is 228 g/mol. The molecule has 0 fully saturated rings. The van der Waals surface area contributed by atoms with Crippen LogP contribution in [0.2, 0.25) is 0 Å². The normalized spacial score (nSPS) is 11.0. The van der Waals surface area contributed by atoms with E-state index in [4.69, 9.17) is 4.74 Å². The molecule has 3 nitrogen and oxygen atoms in total. The third-order valence-electron chi connectivity index (χ3n) is 2.60. The fourth-order valence-electron chi connectivity index (χ4n) is 1.39. The molecule has 1 N–H and O–H groups in total. The van der Waals surface area contributed by atoms with Crippen molar-refractivity contribution in [1.82, 2.24) is 10.2 Å². The second-order valence-electron chi connectivity index (χ2n) is 4.10. The zero-order valence-corrected chi connectivity index (χ0v) is 11.2. The van der Waals surface area contributed by atoms with Gasteiger partial charge in [-0.05, 0) is 26.4 Å². The molecule has 0 aromatic carbocycles. The van der Waals surface area contributed by atoms with Gasteiger partial charge >= 0.3 is 0 Å². The van der Waals surface area contributed by atoms with Crippen molar-refractivity contribution in [3.8, 4) is 0 Å². The Morgan fingerprint density at radius 2 is 1.88 bits per heavy atom. The molecule has 0 spiro atoms. The third kappa shape index (κ3) is 10.1. The van der Waals surface area contributed by atoms with Crippen LogP contribution in [-0.4, -0.2) is 50.8 Å². The van der Waals surface area contributed by atoms with Crippen molar-refractivity contribution in [1.29, 1.82) is 0 Å². The van der Waals surface area contributed by atoms with Crippen LogP contribution >= 0.6 is 0 Å². The van der Waals surface area contributed by atoms with Crippen LogP contribution in [0, 0.1) is 0 Å². The van der Waals surface area contributed by atoms with Gasteiger partial charge in [0.25, 0.3) is 0 Å². The third-order valence-corrected chi connectivity index (χ3v) is 2.60. The van der Waals surface area contributed by atoms with Gasteiger partial charge in [0, 0.05) is 19.6 Å². The van der Waals surface area contributed by atoms with Gasteiger partial charge in [0.15, 0.2) is 0 Å². The Labute approximate surface area is 101 Å². The van der Waals surface area contributed by atoms with Crippen LogP contribution in [0.15, 0.2) is 12.2 Å². The molecule has 0 aromatic heterocycles. The van der Waals surface area contributed by atoms with Crippen molar-refractivity contribution in [2.24, 2.45) is 0 Å². The predicted molar refractivity (Wildman–Crippen MR) is 70.9 cm³/mol. The Balaban J connectivity index is 3.12. The SMILES string of the molecule is C=C(C)CCOCCNCCN(CC)CC. The Bertz CT molecular complexity index is 167. The maximum atomic E-state index is 5.47. The summed E-state index contributed by atoms with van der Waals surface area (Å²) < 4.78 is 5.47. The molecule has 0 rings (SSSR count). The highest BCUT2D eigenvalue weighted by molar-refractivity contribution is 4.87. The van der Waals surface area contributed by atoms with Crippen molar-refractivity contribution in [3.05, 3.63) is 12.2 Å². The fraction of sp³-hybridized carbons (Fsp3) is 0.846. The van der Waals surface area contributed by atoms with Crippen molar-refractivity contribution in [2.75, 3.05) is 45.9 Å². The van der Waals surface area contributed by atoms with E-state index in [1.54, 1.807) is 0 Å². The first-order valence-corrected chi connectivity index (χ1v) is 6.35. The van der Waals surface area contributed by atoms with Crippen LogP contribution in [0.25, 0.3) is 0 Å². The van der Waals surface area contributed by atoms with Crippen molar-refractivity contribution < 1.29 is 4.74 Å². The molecule has 96 valence electrons. The van der Waals surface area contributed by atoms with Crippen LogP contribution in [0.4, 0.5) is 0 Å². The van der Waals surface area contributed by atoms with E-state index in [2.05, 4.69) is 30.6 Å². The first-order chi connectivity index (χ1) is 7.70. The van der Waals surface area contributed by atoms with E-state index in [0.717, 1.165) is 52.4 Å². The van der Waals surface area contributed by atoms with E-state index < -0.39 is 0 Å². The lowest BCUT2D eigenvalue weighted by atomic mass is 10.3. The number of likely N-dealkylation sites (N-methyl/N-ethyl adjacent to an activating group) is 1. The number of rotatable bonds is 11. The molecular weight excluding hydrogens is 200 g/mol. The Morgan fingerprint density at radius 1 is 1.19 bits per heavy atom. The van der Waals surface area contributed by atoms with Crippen molar-refractivity contribution in [2.45, 2.75) is 27.2 Å². The van der Waals surface area contributed by atoms with E-state index in [1.165, 1.54) is 5.57 Å². The van der Waals surface area contributed by atoms with E-state index in [0.29, 0.717) is 0 Å². The largest absolute Gasteiger partial charge is 0.380 e. The highest BCUT2D eigenvalue weighted by Gasteiger charge is 1.97. The molecule has 0 radical (unpaired) electrons. The van der Waals surface area contributed by atoms with Crippen molar-refractivity contribution in [3.63, 3.8) is 0 Å². The van der Waals surface area contributed by atoms with Crippen LogP contribution in [0.1, 0.15) is 27.2 Å². The van der Waals surface area contributed by atoms with Gasteiger partial charge in [0.2, 0.25) is 0 Å². The molecule has 0 aliphatic carbocycles. The number of nitrogens with one attached hydrogen (secondary N) is 1. The predicted octanol–water partition coefficient (Wildman–Crippen LogP) is 1.90. The van der Waals surface area contributed by atoms with Crippen LogP contribution in [0.3, 0.4) is 0 Å². The number of hydrogen-bond acceptors (Lipinski definition) is 3. The first kappa shape index (κ1) is 15.6. The van der Waals surface area contributed by atoms with Gasteiger partial charge in [-0.1, -0.05) is 19.4 Å². The Morgan fingerprint density at radius 3 is 2.44 bits per heavy atom. The topological polar surface area (TPSA) is 24.5 Å². The molecule has 16 heavy (non-hydrogen) atoms. The number of nitrogens with zero attached hydrogens (tertiary/aromatic N) is 1. The maximum Gasteiger partial charge on any atom is 0.0591 e. The molecule has 0 heterocycles. The molecule has 0 saturated carbocycles. The average Bonchev–Trinajstić information content (AvgIpc) is 2.27. The molecule has 0 saturated heterocycles. The summed E-state index contributed by atoms with van der Waals surface area (Å²) in [6, 6.07) is 0. The highest BCUT2D eigenvalue weighted by atomic mass is 16.5. The minimum Gasteiger partial charge on any atom is -0.380 e. The molecule has 0 atom stereocenters. The number of hydrogen-bond donors (Lipinski definition) is 1. The Kier molecular flexibility index (Phi) is 10.9. The molecule has 0 amide bonds. The van der Waals surface area contributed by atoms with Crippen LogP contribution in [0.5, 0.6) is 0 Å². The van der Waals surface area contributed by atoms with Gasteiger partial charge in [-0.2, -0.15) is 0 Å². The lowest BCUT2D eigenvalue weighted by molar-refractivity contribution is 0.138. The van der Waals surface area contributed by atoms with E-state index in [-0.39, 0.29) is 0 Å². The van der Waals surface area contributed by atoms with E-state index in [9.17, 15) is 0 Å². The summed E-state index contributed by atoms with van der Waals surface area (Å²) in [5.41, 5.74) is 1.19. The quantitative estimate of drug-likeness (QED) is 0.432.